The number of nitrogens with zero attached hydrogens (tertiary/aromatic N) is 3. The zero-order valence-corrected chi connectivity index (χ0v) is 23.7. The van der Waals surface area contributed by atoms with Gasteiger partial charge in [0.2, 0.25) is 5.88 Å². The molecule has 0 aliphatic carbocycles. The Morgan fingerprint density at radius 2 is 1.84 bits per heavy atom. The normalized spacial score (nSPS) is 17.1. The van der Waals surface area contributed by atoms with Gasteiger partial charge >= 0.3 is 13.0 Å². The minimum atomic E-state index is -4.91. The molecule has 0 saturated carbocycles. The van der Waals surface area contributed by atoms with Crippen molar-refractivity contribution in [1.29, 1.82) is 0 Å². The van der Waals surface area contributed by atoms with Crippen LogP contribution in [0.3, 0.4) is 0 Å². The third-order valence-corrected chi connectivity index (χ3v) is 8.24. The van der Waals surface area contributed by atoms with Crippen molar-refractivity contribution >= 4 is 21.6 Å². The molecule has 3 aromatic rings. The van der Waals surface area contributed by atoms with E-state index < -0.39 is 59.0 Å². The predicted octanol–water partition coefficient (Wildman–Crippen LogP) is 4.50. The maximum atomic E-state index is 15.2. The Kier molecular flexibility index (Phi) is 10.2. The molecular formula is C27H26F6N4O6S. The van der Waals surface area contributed by atoms with Gasteiger partial charge < -0.3 is 24.4 Å². The Morgan fingerprint density at radius 3 is 2.43 bits per heavy atom. The lowest BCUT2D eigenvalue weighted by Gasteiger charge is -2.25. The van der Waals surface area contributed by atoms with E-state index in [1.807, 2.05) is 0 Å². The SMILES string of the molecule is CCS(=O)(=O)c1ccc(CNC(=O)c2cnc(N3CC(Oc4ccc(OC(F)(F)F)cn4)C[C@H]3COC(F)F)c(F)c2)cc1. The van der Waals surface area contributed by atoms with Crippen LogP contribution in [0.4, 0.5) is 32.2 Å². The van der Waals surface area contributed by atoms with Crippen molar-refractivity contribution in [3.05, 3.63) is 71.8 Å². The number of nitrogens with one attached hydrogen (secondary N) is 1. The molecule has 1 aliphatic heterocycles. The van der Waals surface area contributed by atoms with Crippen molar-refractivity contribution < 1.29 is 53.8 Å². The first kappa shape index (κ1) is 32.8. The molecule has 4 rings (SSSR count). The van der Waals surface area contributed by atoms with E-state index >= 15 is 4.39 Å². The van der Waals surface area contributed by atoms with Crippen molar-refractivity contribution in [2.45, 2.75) is 49.9 Å². The number of anilines is 1. The summed E-state index contributed by atoms with van der Waals surface area (Å²) >= 11 is 0. The second-order valence-electron chi connectivity index (χ2n) is 9.52. The quantitative estimate of drug-likeness (QED) is 0.283. The first-order valence-corrected chi connectivity index (χ1v) is 14.7. The molecule has 0 bridgehead atoms. The van der Waals surface area contributed by atoms with Crippen LogP contribution in [-0.4, -0.2) is 68.3 Å². The fourth-order valence-electron chi connectivity index (χ4n) is 4.39. The average molecular weight is 649 g/mol. The van der Waals surface area contributed by atoms with Gasteiger partial charge in [-0.1, -0.05) is 19.1 Å². The monoisotopic (exact) mass is 648 g/mol. The lowest BCUT2D eigenvalue weighted by atomic mass is 10.2. The van der Waals surface area contributed by atoms with Crippen molar-refractivity contribution in [2.75, 3.05) is 23.8 Å². The van der Waals surface area contributed by atoms with Crippen LogP contribution in [0.2, 0.25) is 0 Å². The fraction of sp³-hybridized carbons (Fsp3) is 0.370. The van der Waals surface area contributed by atoms with E-state index in [9.17, 15) is 35.2 Å². The largest absolute Gasteiger partial charge is 0.573 e. The van der Waals surface area contributed by atoms with E-state index in [-0.39, 0.29) is 47.4 Å². The highest BCUT2D eigenvalue weighted by atomic mass is 32.2. The lowest BCUT2D eigenvalue weighted by molar-refractivity contribution is -0.274. The summed E-state index contributed by atoms with van der Waals surface area (Å²) in [5.41, 5.74) is 0.467. The smallest absolute Gasteiger partial charge is 0.472 e. The van der Waals surface area contributed by atoms with Gasteiger partial charge in [-0.15, -0.1) is 13.2 Å². The Bertz CT molecular complexity index is 1540. The maximum Gasteiger partial charge on any atom is 0.573 e. The summed E-state index contributed by atoms with van der Waals surface area (Å²) in [6.07, 6.45) is -3.72. The number of amides is 1. The summed E-state index contributed by atoms with van der Waals surface area (Å²) in [7, 11) is -3.38. The van der Waals surface area contributed by atoms with Crippen LogP contribution in [0.15, 0.2) is 59.8 Å². The third kappa shape index (κ3) is 8.72. The van der Waals surface area contributed by atoms with E-state index in [1.54, 1.807) is 12.1 Å². The molecule has 1 N–H and O–H groups in total. The van der Waals surface area contributed by atoms with E-state index in [4.69, 9.17) is 4.74 Å². The number of pyridine rings is 2. The van der Waals surface area contributed by atoms with Crippen LogP contribution < -0.4 is 19.7 Å². The first-order chi connectivity index (χ1) is 20.7. The number of alkyl halides is 5. The van der Waals surface area contributed by atoms with Crippen molar-refractivity contribution in [1.82, 2.24) is 15.3 Å². The summed E-state index contributed by atoms with van der Waals surface area (Å²) < 4.78 is 116. The predicted molar refractivity (Wildman–Crippen MR) is 143 cm³/mol. The van der Waals surface area contributed by atoms with Gasteiger partial charge in [-0.05, 0) is 29.8 Å². The standard InChI is InChI=1S/C27H26F6N4O6S/c1-2-44(39,40)21-6-3-16(4-7-21)11-36-25(38)17-9-22(28)24(35-12-17)37-14-20(10-18(37)15-41-26(29)30)42-23-8-5-19(13-34-23)43-27(31,32)33/h3-9,12-13,18,20,26H,2,10-11,14-15H2,1H3,(H,36,38)/t18-,20?/m0/s1. The Labute approximate surface area is 247 Å². The van der Waals surface area contributed by atoms with Crippen molar-refractivity contribution in [3.8, 4) is 11.6 Å². The van der Waals surface area contributed by atoms with Gasteiger partial charge in [-0.25, -0.2) is 22.8 Å². The highest BCUT2D eigenvalue weighted by Gasteiger charge is 2.37. The summed E-state index contributed by atoms with van der Waals surface area (Å²) in [6, 6.07) is 8.13. The van der Waals surface area contributed by atoms with Crippen LogP contribution in [0.1, 0.15) is 29.3 Å². The molecule has 1 unspecified atom stereocenters. The number of hydrogen-bond acceptors (Lipinski definition) is 9. The number of halogens is 6. The van der Waals surface area contributed by atoms with Gasteiger partial charge in [0.05, 0.1) is 41.6 Å². The molecule has 2 aromatic heterocycles. The van der Waals surface area contributed by atoms with Crippen LogP contribution in [0, 0.1) is 5.82 Å². The van der Waals surface area contributed by atoms with Gasteiger partial charge in [0.25, 0.3) is 5.91 Å². The molecule has 44 heavy (non-hydrogen) atoms. The van der Waals surface area contributed by atoms with Crippen molar-refractivity contribution in [3.63, 3.8) is 0 Å². The molecular weight excluding hydrogens is 622 g/mol. The van der Waals surface area contributed by atoms with E-state index in [1.165, 1.54) is 24.0 Å². The molecule has 1 aromatic carbocycles. The molecule has 1 fully saturated rings. The van der Waals surface area contributed by atoms with Crippen molar-refractivity contribution in [2.24, 2.45) is 0 Å². The Hall–Kier alpha value is -4.12. The van der Waals surface area contributed by atoms with E-state index in [0.717, 1.165) is 30.6 Å². The zero-order chi connectivity index (χ0) is 32.1. The van der Waals surface area contributed by atoms with Gasteiger partial charge in [-0.3, -0.25) is 4.79 Å². The highest BCUT2D eigenvalue weighted by molar-refractivity contribution is 7.91. The summed E-state index contributed by atoms with van der Waals surface area (Å²) in [4.78, 5) is 21.9. The molecule has 0 spiro atoms. The van der Waals surface area contributed by atoms with Crippen LogP contribution >= 0.6 is 0 Å². The van der Waals surface area contributed by atoms with Gasteiger partial charge in [0.1, 0.15) is 11.9 Å². The molecule has 1 saturated heterocycles. The van der Waals surface area contributed by atoms with Gasteiger partial charge in [0, 0.05) is 25.2 Å². The van der Waals surface area contributed by atoms with Gasteiger partial charge in [0.15, 0.2) is 21.5 Å². The highest BCUT2D eigenvalue weighted by Crippen LogP contribution is 2.30. The number of hydrogen-bond donors (Lipinski definition) is 1. The maximum absolute atomic E-state index is 15.2. The Balaban J connectivity index is 1.42. The van der Waals surface area contributed by atoms with E-state index in [0.29, 0.717) is 5.56 Å². The fourth-order valence-corrected chi connectivity index (χ4v) is 5.28. The lowest BCUT2D eigenvalue weighted by Crippen LogP contribution is -2.35. The summed E-state index contributed by atoms with van der Waals surface area (Å²) in [5, 5.41) is 2.59. The number of benzene rings is 1. The van der Waals surface area contributed by atoms with Crippen LogP contribution in [0.5, 0.6) is 11.6 Å². The third-order valence-electron chi connectivity index (χ3n) is 6.49. The average Bonchev–Trinajstić information content (AvgIpc) is 3.37. The first-order valence-electron chi connectivity index (χ1n) is 13.0. The summed E-state index contributed by atoms with van der Waals surface area (Å²) in [6.45, 7) is -2.15. The molecule has 0 radical (unpaired) electrons. The number of carbonyl (C=O) groups is 1. The number of sulfone groups is 1. The Morgan fingerprint density at radius 1 is 1.11 bits per heavy atom. The van der Waals surface area contributed by atoms with Crippen LogP contribution in [-0.2, 0) is 21.1 Å². The topological polar surface area (TPSA) is 120 Å². The number of carbonyl (C=O) groups excluding carboxylic acids is 1. The minimum Gasteiger partial charge on any atom is -0.472 e. The molecule has 3 heterocycles. The molecule has 238 valence electrons. The van der Waals surface area contributed by atoms with Gasteiger partial charge in [-0.2, -0.15) is 8.78 Å². The minimum absolute atomic E-state index is 0.0180. The molecule has 10 nitrogen and oxygen atoms in total. The molecule has 2 atom stereocenters. The van der Waals surface area contributed by atoms with E-state index in [2.05, 4.69) is 24.8 Å². The van der Waals surface area contributed by atoms with Crippen LogP contribution in [0.25, 0.3) is 0 Å². The second kappa shape index (κ2) is 13.7. The number of aromatic nitrogens is 2. The summed E-state index contributed by atoms with van der Waals surface area (Å²) in [5.74, 6) is -2.57. The molecule has 17 heteroatoms. The molecule has 1 amide bonds. The number of rotatable bonds is 12. The second-order valence-corrected chi connectivity index (χ2v) is 11.8. The number of ether oxygens (including phenoxy) is 3. The zero-order valence-electron chi connectivity index (χ0n) is 22.9. The molecule has 1 aliphatic rings.